The van der Waals surface area contributed by atoms with Crippen molar-refractivity contribution in [3.8, 4) is 11.3 Å². The van der Waals surface area contributed by atoms with Crippen LogP contribution in [0.2, 0.25) is 0 Å². The molecule has 2 fully saturated rings. The molecule has 3 aromatic rings. The molecule has 2 atom stereocenters. The minimum absolute atomic E-state index is 0.307. The number of amides is 1. The highest BCUT2D eigenvalue weighted by Crippen LogP contribution is 2.28. The molecule has 178 valence electrons. The number of aromatic nitrogens is 1. The summed E-state index contributed by atoms with van der Waals surface area (Å²) in [6.45, 7) is 6.40. The average molecular weight is 459 g/mol. The van der Waals surface area contributed by atoms with Gasteiger partial charge in [0.15, 0.2) is 5.76 Å². The lowest BCUT2D eigenvalue weighted by atomic mass is 9.81. The lowest BCUT2D eigenvalue weighted by Gasteiger charge is -2.37. The minimum atomic E-state index is 0.307. The first-order chi connectivity index (χ1) is 16.7. The molecular formula is C28H34N4O2. The van der Waals surface area contributed by atoms with Crippen molar-refractivity contribution in [2.75, 3.05) is 39.3 Å². The van der Waals surface area contributed by atoms with E-state index in [1.54, 1.807) is 0 Å². The van der Waals surface area contributed by atoms with E-state index in [2.05, 4.69) is 56.7 Å². The van der Waals surface area contributed by atoms with Gasteiger partial charge in [-0.2, -0.15) is 0 Å². The van der Waals surface area contributed by atoms with Gasteiger partial charge >= 0.3 is 0 Å². The van der Waals surface area contributed by atoms with Crippen molar-refractivity contribution in [1.82, 2.24) is 20.3 Å². The third kappa shape index (κ3) is 5.75. The molecule has 2 aliphatic heterocycles. The van der Waals surface area contributed by atoms with Gasteiger partial charge in [-0.05, 0) is 43.3 Å². The second kappa shape index (κ2) is 11.0. The van der Waals surface area contributed by atoms with Gasteiger partial charge in [0.1, 0.15) is 0 Å². The zero-order chi connectivity index (χ0) is 23.2. The molecule has 5 rings (SSSR count). The van der Waals surface area contributed by atoms with Crippen LogP contribution in [0.3, 0.4) is 0 Å². The number of piperidine rings is 1. The zero-order valence-corrected chi connectivity index (χ0v) is 19.7. The molecule has 34 heavy (non-hydrogen) atoms. The van der Waals surface area contributed by atoms with Crippen molar-refractivity contribution < 1.29 is 9.32 Å². The Bertz CT molecular complexity index is 1040. The number of carbonyl (C=O) groups is 1. The lowest BCUT2D eigenvalue weighted by molar-refractivity contribution is -0.134. The molecule has 0 radical (unpaired) electrons. The van der Waals surface area contributed by atoms with Crippen LogP contribution in [-0.4, -0.2) is 60.1 Å². The number of piperazine rings is 1. The normalized spacial score (nSPS) is 21.5. The molecule has 2 saturated heterocycles. The van der Waals surface area contributed by atoms with E-state index >= 15 is 0 Å². The SMILES string of the molecule is O=C(CC1CCNCC1Cc1cc(-c2ccccc2)on1)N1CCN(Cc2ccccc2)CC1. The van der Waals surface area contributed by atoms with E-state index in [4.69, 9.17) is 4.52 Å². The number of hydrogen-bond acceptors (Lipinski definition) is 5. The first-order valence-electron chi connectivity index (χ1n) is 12.5. The van der Waals surface area contributed by atoms with E-state index in [1.165, 1.54) is 5.56 Å². The van der Waals surface area contributed by atoms with E-state index < -0.39 is 0 Å². The highest BCUT2D eigenvalue weighted by atomic mass is 16.5. The number of benzene rings is 2. The van der Waals surface area contributed by atoms with Crippen molar-refractivity contribution >= 4 is 5.91 Å². The van der Waals surface area contributed by atoms with Crippen LogP contribution >= 0.6 is 0 Å². The van der Waals surface area contributed by atoms with Crippen LogP contribution in [0.15, 0.2) is 71.3 Å². The molecule has 2 unspecified atom stereocenters. The Morgan fingerprint density at radius 1 is 0.971 bits per heavy atom. The van der Waals surface area contributed by atoms with E-state index in [0.29, 0.717) is 24.2 Å². The number of rotatable bonds is 7. The summed E-state index contributed by atoms with van der Waals surface area (Å²) >= 11 is 0. The maximum Gasteiger partial charge on any atom is 0.222 e. The summed E-state index contributed by atoms with van der Waals surface area (Å²) in [4.78, 5) is 17.7. The van der Waals surface area contributed by atoms with Gasteiger partial charge in [-0.3, -0.25) is 9.69 Å². The van der Waals surface area contributed by atoms with Crippen LogP contribution in [0.25, 0.3) is 11.3 Å². The fraction of sp³-hybridized carbons (Fsp3) is 0.429. The number of nitrogens with one attached hydrogen (secondary N) is 1. The van der Waals surface area contributed by atoms with Gasteiger partial charge in [-0.1, -0.05) is 65.8 Å². The molecule has 3 heterocycles. The fourth-order valence-corrected chi connectivity index (χ4v) is 5.25. The average Bonchev–Trinajstić information content (AvgIpc) is 3.35. The molecule has 0 spiro atoms. The first-order valence-corrected chi connectivity index (χ1v) is 12.5. The largest absolute Gasteiger partial charge is 0.356 e. The Hall–Kier alpha value is -2.96. The van der Waals surface area contributed by atoms with E-state index in [9.17, 15) is 4.79 Å². The summed E-state index contributed by atoms with van der Waals surface area (Å²) in [5.41, 5.74) is 3.35. The van der Waals surface area contributed by atoms with Gasteiger partial charge in [0.2, 0.25) is 5.91 Å². The maximum absolute atomic E-state index is 13.2. The highest BCUT2D eigenvalue weighted by molar-refractivity contribution is 5.76. The van der Waals surface area contributed by atoms with Crippen molar-refractivity contribution in [2.24, 2.45) is 11.8 Å². The summed E-state index contributed by atoms with van der Waals surface area (Å²) in [6, 6.07) is 22.7. The summed E-state index contributed by atoms with van der Waals surface area (Å²) in [6.07, 6.45) is 2.51. The first kappa shape index (κ1) is 22.8. The standard InChI is InChI=1S/C28H34N4O2/c33-28(32-15-13-31(14-16-32)21-22-7-3-1-4-8-22)18-24-11-12-29-20-25(24)17-26-19-27(34-30-26)23-9-5-2-6-10-23/h1-10,19,24-25,29H,11-18,20-21H2. The molecule has 2 aliphatic rings. The Morgan fingerprint density at radius 3 is 2.47 bits per heavy atom. The Labute approximate surface area is 201 Å². The maximum atomic E-state index is 13.2. The fourth-order valence-electron chi connectivity index (χ4n) is 5.25. The zero-order valence-electron chi connectivity index (χ0n) is 19.7. The third-order valence-corrected chi connectivity index (χ3v) is 7.26. The summed E-state index contributed by atoms with van der Waals surface area (Å²) in [7, 11) is 0. The molecule has 2 aromatic carbocycles. The Kier molecular flexibility index (Phi) is 7.37. The van der Waals surface area contributed by atoms with Gasteiger partial charge in [-0.25, -0.2) is 0 Å². The quantitative estimate of drug-likeness (QED) is 0.583. The summed E-state index contributed by atoms with van der Waals surface area (Å²) in [5, 5.41) is 7.84. The van der Waals surface area contributed by atoms with E-state index in [0.717, 1.165) is 75.7 Å². The van der Waals surface area contributed by atoms with Gasteiger partial charge in [-0.15, -0.1) is 0 Å². The predicted molar refractivity (Wildman–Crippen MR) is 133 cm³/mol. The molecule has 0 aliphatic carbocycles. The van der Waals surface area contributed by atoms with E-state index in [1.807, 2.05) is 30.3 Å². The summed E-state index contributed by atoms with van der Waals surface area (Å²) in [5.74, 6) is 1.89. The van der Waals surface area contributed by atoms with Crippen molar-refractivity contribution in [2.45, 2.75) is 25.8 Å². The van der Waals surface area contributed by atoms with Crippen molar-refractivity contribution in [1.29, 1.82) is 0 Å². The van der Waals surface area contributed by atoms with Crippen LogP contribution in [0.5, 0.6) is 0 Å². The molecule has 6 heteroatoms. The van der Waals surface area contributed by atoms with Gasteiger partial charge < -0.3 is 14.7 Å². The van der Waals surface area contributed by atoms with Gasteiger partial charge in [0.25, 0.3) is 0 Å². The second-order valence-electron chi connectivity index (χ2n) is 9.61. The third-order valence-electron chi connectivity index (χ3n) is 7.26. The number of nitrogens with zero attached hydrogens (tertiary/aromatic N) is 3. The molecule has 6 nitrogen and oxygen atoms in total. The number of carbonyl (C=O) groups excluding carboxylic acids is 1. The van der Waals surface area contributed by atoms with Gasteiger partial charge in [0.05, 0.1) is 5.69 Å². The smallest absolute Gasteiger partial charge is 0.222 e. The van der Waals surface area contributed by atoms with Crippen LogP contribution in [0.4, 0.5) is 0 Å². The minimum Gasteiger partial charge on any atom is -0.356 e. The van der Waals surface area contributed by atoms with Crippen LogP contribution in [0.1, 0.15) is 24.1 Å². The van der Waals surface area contributed by atoms with Crippen LogP contribution < -0.4 is 5.32 Å². The van der Waals surface area contributed by atoms with Crippen molar-refractivity contribution in [3.05, 3.63) is 78.0 Å². The highest BCUT2D eigenvalue weighted by Gasteiger charge is 2.30. The lowest BCUT2D eigenvalue weighted by Crippen LogP contribution is -2.49. The molecule has 0 bridgehead atoms. The molecule has 1 aromatic heterocycles. The topological polar surface area (TPSA) is 61.6 Å². The predicted octanol–water partition coefficient (Wildman–Crippen LogP) is 3.84. The molecule has 1 N–H and O–H groups in total. The summed E-state index contributed by atoms with van der Waals surface area (Å²) < 4.78 is 5.61. The van der Waals surface area contributed by atoms with Crippen molar-refractivity contribution in [3.63, 3.8) is 0 Å². The Morgan fingerprint density at radius 2 is 1.71 bits per heavy atom. The molecular weight excluding hydrogens is 424 g/mol. The second-order valence-corrected chi connectivity index (χ2v) is 9.61. The van der Waals surface area contributed by atoms with Crippen LogP contribution in [0, 0.1) is 11.8 Å². The van der Waals surface area contributed by atoms with Crippen LogP contribution in [-0.2, 0) is 17.8 Å². The van der Waals surface area contributed by atoms with E-state index in [-0.39, 0.29) is 0 Å². The molecule has 1 amide bonds. The number of hydrogen-bond donors (Lipinski definition) is 1. The molecule has 0 saturated carbocycles. The Balaban J connectivity index is 1.14. The van der Waals surface area contributed by atoms with Gasteiger partial charge in [0, 0.05) is 50.8 Å². The monoisotopic (exact) mass is 458 g/mol.